The van der Waals surface area contributed by atoms with E-state index < -0.39 is 5.82 Å². The molecule has 0 saturated carbocycles. The van der Waals surface area contributed by atoms with Crippen LogP contribution in [0.4, 0.5) is 10.1 Å². The lowest BCUT2D eigenvalue weighted by atomic mass is 10.2. The summed E-state index contributed by atoms with van der Waals surface area (Å²) < 4.78 is 13.1. The largest absolute Gasteiger partial charge is 0.506 e. The molecule has 0 atom stereocenters. The van der Waals surface area contributed by atoms with Gasteiger partial charge in [-0.2, -0.15) is 0 Å². The molecule has 0 aliphatic carbocycles. The molecule has 1 aromatic carbocycles. The second-order valence-electron chi connectivity index (χ2n) is 3.93. The summed E-state index contributed by atoms with van der Waals surface area (Å²) in [6, 6.07) is 7.47. The van der Waals surface area contributed by atoms with Crippen LogP contribution in [0.5, 0.6) is 5.75 Å². The number of aryl methyl sites for hydroxylation is 1. The minimum atomic E-state index is -0.411. The van der Waals surface area contributed by atoms with Gasteiger partial charge in [0.2, 0.25) is 0 Å². The van der Waals surface area contributed by atoms with Crippen molar-refractivity contribution in [2.45, 2.75) is 13.5 Å². The van der Waals surface area contributed by atoms with Crippen molar-refractivity contribution in [1.29, 1.82) is 0 Å². The Morgan fingerprint density at radius 2 is 2.11 bits per heavy atom. The molecule has 2 rings (SSSR count). The number of nitrogens with zero attached hydrogens (tertiary/aromatic N) is 1. The lowest BCUT2D eigenvalue weighted by Crippen LogP contribution is -2.03. The molecular weight excluding hydrogens is 255 g/mol. The monoisotopic (exact) mass is 266 g/mol. The summed E-state index contributed by atoms with van der Waals surface area (Å²) in [6.45, 7) is 2.13. The number of halogens is 2. The average molecular weight is 267 g/mol. The third kappa shape index (κ3) is 3.11. The van der Waals surface area contributed by atoms with Crippen molar-refractivity contribution < 1.29 is 9.50 Å². The molecule has 0 spiro atoms. The van der Waals surface area contributed by atoms with Gasteiger partial charge in [0, 0.05) is 16.4 Å². The number of rotatable bonds is 3. The normalized spacial score (nSPS) is 10.4. The van der Waals surface area contributed by atoms with Gasteiger partial charge in [-0.05, 0) is 37.3 Å². The average Bonchev–Trinajstić information content (AvgIpc) is 2.29. The number of aromatic hydroxyl groups is 1. The number of nitrogens with one attached hydrogen (secondary N) is 1. The van der Waals surface area contributed by atoms with E-state index in [-0.39, 0.29) is 5.75 Å². The summed E-state index contributed by atoms with van der Waals surface area (Å²) >= 11 is 5.74. The zero-order valence-corrected chi connectivity index (χ0v) is 10.5. The van der Waals surface area contributed by atoms with E-state index in [0.29, 0.717) is 22.9 Å². The fraction of sp³-hybridized carbons (Fsp3) is 0.154. The maximum atomic E-state index is 13.1. The van der Waals surface area contributed by atoms with Crippen molar-refractivity contribution >= 4 is 17.3 Å². The van der Waals surface area contributed by atoms with E-state index in [1.807, 2.05) is 6.92 Å². The van der Waals surface area contributed by atoms with Gasteiger partial charge in [0.15, 0.2) is 0 Å². The Morgan fingerprint density at radius 3 is 2.83 bits per heavy atom. The van der Waals surface area contributed by atoms with Gasteiger partial charge >= 0.3 is 0 Å². The highest BCUT2D eigenvalue weighted by molar-refractivity contribution is 6.30. The Labute approximate surface area is 109 Å². The maximum Gasteiger partial charge on any atom is 0.138 e. The molecule has 0 unspecified atom stereocenters. The van der Waals surface area contributed by atoms with E-state index in [2.05, 4.69) is 10.3 Å². The number of anilines is 1. The first-order chi connectivity index (χ1) is 8.54. The van der Waals surface area contributed by atoms with Crippen molar-refractivity contribution in [3.63, 3.8) is 0 Å². The standard InChI is InChI=1S/C13H12ClFN2O/c1-8-2-3-13(18)12(17-8)7-16-11-5-9(14)4-10(15)6-11/h2-6,16,18H,7H2,1H3. The second-order valence-corrected chi connectivity index (χ2v) is 4.37. The summed E-state index contributed by atoms with van der Waals surface area (Å²) in [6.07, 6.45) is 0. The molecule has 0 fully saturated rings. The van der Waals surface area contributed by atoms with Gasteiger partial charge in [-0.15, -0.1) is 0 Å². The van der Waals surface area contributed by atoms with Gasteiger partial charge in [0.1, 0.15) is 17.3 Å². The topological polar surface area (TPSA) is 45.1 Å². The third-order valence-corrected chi connectivity index (χ3v) is 2.63. The molecule has 5 heteroatoms. The molecular formula is C13H12ClFN2O. The first-order valence-corrected chi connectivity index (χ1v) is 5.78. The molecule has 0 aliphatic heterocycles. The van der Waals surface area contributed by atoms with E-state index in [1.165, 1.54) is 12.1 Å². The second kappa shape index (κ2) is 5.23. The van der Waals surface area contributed by atoms with Crippen LogP contribution in [-0.4, -0.2) is 10.1 Å². The van der Waals surface area contributed by atoms with Gasteiger partial charge < -0.3 is 10.4 Å². The minimum Gasteiger partial charge on any atom is -0.506 e. The molecule has 2 aromatic rings. The molecule has 18 heavy (non-hydrogen) atoms. The van der Waals surface area contributed by atoms with E-state index in [1.54, 1.807) is 18.2 Å². The van der Waals surface area contributed by atoms with Crippen LogP contribution in [0.1, 0.15) is 11.4 Å². The van der Waals surface area contributed by atoms with E-state index in [9.17, 15) is 9.50 Å². The lowest BCUT2D eigenvalue weighted by molar-refractivity contribution is 0.464. The number of hydrogen-bond acceptors (Lipinski definition) is 3. The van der Waals surface area contributed by atoms with Crippen molar-refractivity contribution in [3.05, 3.63) is 52.6 Å². The van der Waals surface area contributed by atoms with Crippen LogP contribution in [0.15, 0.2) is 30.3 Å². The summed E-state index contributed by atoms with van der Waals surface area (Å²) in [5.41, 5.74) is 1.86. The van der Waals surface area contributed by atoms with Crippen molar-refractivity contribution in [2.24, 2.45) is 0 Å². The molecule has 1 heterocycles. The predicted octanol–water partition coefficient (Wildman–Crippen LogP) is 3.50. The predicted molar refractivity (Wildman–Crippen MR) is 69.4 cm³/mol. The summed E-state index contributed by atoms with van der Waals surface area (Å²) in [5, 5.41) is 12.9. The first-order valence-electron chi connectivity index (χ1n) is 5.40. The molecule has 0 saturated heterocycles. The maximum absolute atomic E-state index is 13.1. The zero-order valence-electron chi connectivity index (χ0n) is 9.74. The fourth-order valence-corrected chi connectivity index (χ4v) is 1.80. The van der Waals surface area contributed by atoms with Crippen LogP contribution < -0.4 is 5.32 Å². The Kier molecular flexibility index (Phi) is 3.67. The first kappa shape index (κ1) is 12.6. The van der Waals surface area contributed by atoms with Gasteiger partial charge in [0.25, 0.3) is 0 Å². The Hall–Kier alpha value is -1.81. The molecule has 2 N–H and O–H groups in total. The molecule has 0 bridgehead atoms. The van der Waals surface area contributed by atoms with Crippen LogP contribution in [0, 0.1) is 12.7 Å². The van der Waals surface area contributed by atoms with Crippen molar-refractivity contribution in [1.82, 2.24) is 4.98 Å². The van der Waals surface area contributed by atoms with Gasteiger partial charge in [-0.25, -0.2) is 4.39 Å². The highest BCUT2D eigenvalue weighted by atomic mass is 35.5. The Balaban J connectivity index is 2.13. The van der Waals surface area contributed by atoms with Gasteiger partial charge in [-0.3, -0.25) is 4.98 Å². The fourth-order valence-electron chi connectivity index (χ4n) is 1.57. The van der Waals surface area contributed by atoms with E-state index >= 15 is 0 Å². The highest BCUT2D eigenvalue weighted by Gasteiger charge is 2.04. The lowest BCUT2D eigenvalue weighted by Gasteiger charge is -2.08. The quantitative estimate of drug-likeness (QED) is 0.894. The molecule has 94 valence electrons. The SMILES string of the molecule is Cc1ccc(O)c(CNc2cc(F)cc(Cl)c2)n1. The van der Waals surface area contributed by atoms with Crippen LogP contribution in [-0.2, 0) is 6.54 Å². The summed E-state index contributed by atoms with van der Waals surface area (Å²) in [4.78, 5) is 4.19. The van der Waals surface area contributed by atoms with Crippen LogP contribution >= 0.6 is 11.6 Å². The molecule has 0 aliphatic rings. The number of pyridine rings is 1. The molecule has 0 radical (unpaired) electrons. The number of hydrogen-bond donors (Lipinski definition) is 2. The van der Waals surface area contributed by atoms with Gasteiger partial charge in [0.05, 0.1) is 6.54 Å². The number of aromatic nitrogens is 1. The van der Waals surface area contributed by atoms with Crippen LogP contribution in [0.2, 0.25) is 5.02 Å². The van der Waals surface area contributed by atoms with Crippen LogP contribution in [0.3, 0.4) is 0 Å². The van der Waals surface area contributed by atoms with Crippen LogP contribution in [0.25, 0.3) is 0 Å². The molecule has 1 aromatic heterocycles. The van der Waals surface area contributed by atoms with Gasteiger partial charge in [-0.1, -0.05) is 11.6 Å². The summed E-state index contributed by atoms with van der Waals surface area (Å²) in [5.74, 6) is -0.304. The number of benzene rings is 1. The van der Waals surface area contributed by atoms with E-state index in [0.717, 1.165) is 5.69 Å². The Morgan fingerprint density at radius 1 is 1.33 bits per heavy atom. The van der Waals surface area contributed by atoms with Crippen molar-refractivity contribution in [3.8, 4) is 5.75 Å². The highest BCUT2D eigenvalue weighted by Crippen LogP contribution is 2.20. The third-order valence-electron chi connectivity index (χ3n) is 2.41. The van der Waals surface area contributed by atoms with E-state index in [4.69, 9.17) is 11.6 Å². The smallest absolute Gasteiger partial charge is 0.138 e. The molecule has 3 nitrogen and oxygen atoms in total. The Bertz CT molecular complexity index is 555. The zero-order chi connectivity index (χ0) is 13.1. The summed E-state index contributed by atoms with van der Waals surface area (Å²) in [7, 11) is 0. The van der Waals surface area contributed by atoms with Crippen molar-refractivity contribution in [2.75, 3.05) is 5.32 Å². The minimum absolute atomic E-state index is 0.107. The molecule has 0 amide bonds.